The van der Waals surface area contributed by atoms with Crippen LogP contribution in [0.2, 0.25) is 5.02 Å². The zero-order valence-corrected chi connectivity index (χ0v) is 15.4. The summed E-state index contributed by atoms with van der Waals surface area (Å²) in [4.78, 5) is 22.9. The maximum absolute atomic E-state index is 12.6. The summed E-state index contributed by atoms with van der Waals surface area (Å²) >= 11 is 5.97. The average Bonchev–Trinajstić information content (AvgIpc) is 3.29. The summed E-state index contributed by atoms with van der Waals surface area (Å²) in [6, 6.07) is 10.6. The van der Waals surface area contributed by atoms with Gasteiger partial charge in [-0.3, -0.25) is 4.98 Å². The van der Waals surface area contributed by atoms with Gasteiger partial charge < -0.3 is 14.7 Å². The average molecular weight is 384 g/mol. The fourth-order valence-electron chi connectivity index (χ4n) is 3.22. The van der Waals surface area contributed by atoms with Crippen LogP contribution in [0.25, 0.3) is 11.4 Å². The first-order valence-electron chi connectivity index (χ1n) is 8.65. The lowest BCUT2D eigenvalue weighted by Gasteiger charge is -2.17. The lowest BCUT2D eigenvalue weighted by Crippen LogP contribution is -2.33. The second-order valence-electron chi connectivity index (χ2n) is 6.63. The maximum atomic E-state index is 12.6. The highest BCUT2D eigenvalue weighted by Gasteiger charge is 2.37. The molecule has 0 bridgehead atoms. The zero-order chi connectivity index (χ0) is 18.8. The van der Waals surface area contributed by atoms with Crippen LogP contribution in [0.1, 0.15) is 18.7 Å². The number of likely N-dealkylation sites (tertiary alicyclic amines) is 1. The lowest BCUT2D eigenvalue weighted by atomic mass is 9.98. The summed E-state index contributed by atoms with van der Waals surface area (Å²) in [6.07, 6.45) is 3.39. The van der Waals surface area contributed by atoms with E-state index >= 15 is 0 Å². The van der Waals surface area contributed by atoms with E-state index in [-0.39, 0.29) is 17.9 Å². The van der Waals surface area contributed by atoms with Crippen molar-refractivity contribution in [2.45, 2.75) is 12.8 Å². The summed E-state index contributed by atoms with van der Waals surface area (Å²) < 4.78 is 5.47. The van der Waals surface area contributed by atoms with E-state index in [9.17, 15) is 4.79 Å². The van der Waals surface area contributed by atoms with Crippen LogP contribution in [-0.4, -0.2) is 39.1 Å². The number of aromatic nitrogens is 3. The molecule has 3 heterocycles. The Morgan fingerprint density at radius 1 is 1.30 bits per heavy atom. The molecular formula is C19H18ClN5O2. The summed E-state index contributed by atoms with van der Waals surface area (Å²) in [5, 5.41) is 7.51. The Balaban J connectivity index is 1.45. The molecule has 1 aliphatic rings. The molecule has 0 aliphatic carbocycles. The van der Waals surface area contributed by atoms with Crippen molar-refractivity contribution in [2.75, 3.05) is 18.4 Å². The predicted octanol–water partition coefficient (Wildman–Crippen LogP) is 4.05. The second kappa shape index (κ2) is 7.36. The van der Waals surface area contributed by atoms with E-state index in [0.29, 0.717) is 35.5 Å². The maximum Gasteiger partial charge on any atom is 0.321 e. The summed E-state index contributed by atoms with van der Waals surface area (Å²) in [6.45, 7) is 3.20. The number of rotatable bonds is 3. The molecule has 0 spiro atoms. The first-order chi connectivity index (χ1) is 13.1. The smallest absolute Gasteiger partial charge is 0.321 e. The standard InChI is InChI=1S/C19H18ClN5O2/c1-12-10-25(19(26)22-15-6-2-5-14(20)8-15)11-16(12)18-23-17(24-27-18)13-4-3-7-21-9-13/h2-9,12,16H,10-11H2,1H3,(H,22,26)/t12-,16-/m0/s1. The Morgan fingerprint density at radius 3 is 2.96 bits per heavy atom. The SMILES string of the molecule is C[C@H]1CN(C(=O)Nc2cccc(Cl)c2)C[C@@H]1c1nc(-c2cccnc2)no1. The molecule has 8 heteroatoms. The van der Waals surface area contributed by atoms with Gasteiger partial charge in [-0.15, -0.1) is 0 Å². The monoisotopic (exact) mass is 383 g/mol. The molecule has 27 heavy (non-hydrogen) atoms. The van der Waals surface area contributed by atoms with Crippen LogP contribution < -0.4 is 5.32 Å². The van der Waals surface area contributed by atoms with E-state index in [1.165, 1.54) is 0 Å². The molecule has 2 amide bonds. The second-order valence-corrected chi connectivity index (χ2v) is 7.06. The van der Waals surface area contributed by atoms with Crippen molar-refractivity contribution in [1.82, 2.24) is 20.0 Å². The van der Waals surface area contributed by atoms with Gasteiger partial charge in [0.25, 0.3) is 0 Å². The van der Waals surface area contributed by atoms with Gasteiger partial charge in [-0.1, -0.05) is 29.7 Å². The molecule has 2 aromatic heterocycles. The van der Waals surface area contributed by atoms with Crippen molar-refractivity contribution in [3.63, 3.8) is 0 Å². The third-order valence-corrected chi connectivity index (χ3v) is 4.89. The van der Waals surface area contributed by atoms with Gasteiger partial charge in [-0.2, -0.15) is 4.98 Å². The highest BCUT2D eigenvalue weighted by Crippen LogP contribution is 2.32. The van der Waals surface area contributed by atoms with Gasteiger partial charge in [0.15, 0.2) is 0 Å². The molecule has 2 atom stereocenters. The van der Waals surface area contributed by atoms with Crippen LogP contribution in [-0.2, 0) is 0 Å². The number of anilines is 1. The number of benzene rings is 1. The quantitative estimate of drug-likeness (QED) is 0.737. The molecule has 1 aliphatic heterocycles. The molecule has 0 radical (unpaired) electrons. The number of carbonyl (C=O) groups is 1. The Hall–Kier alpha value is -2.93. The largest absolute Gasteiger partial charge is 0.339 e. The normalized spacial score (nSPS) is 19.3. The van der Waals surface area contributed by atoms with Gasteiger partial charge in [0.05, 0.1) is 5.92 Å². The molecule has 3 aromatic rings. The summed E-state index contributed by atoms with van der Waals surface area (Å²) in [7, 11) is 0. The van der Waals surface area contributed by atoms with E-state index in [1.54, 1.807) is 41.6 Å². The van der Waals surface area contributed by atoms with Gasteiger partial charge in [0.2, 0.25) is 11.7 Å². The first kappa shape index (κ1) is 17.5. The van der Waals surface area contributed by atoms with E-state index in [1.807, 2.05) is 12.1 Å². The van der Waals surface area contributed by atoms with Crippen LogP contribution >= 0.6 is 11.6 Å². The fraction of sp³-hybridized carbons (Fsp3) is 0.263. The van der Waals surface area contributed by atoms with Crippen molar-refractivity contribution in [2.24, 2.45) is 5.92 Å². The molecule has 1 fully saturated rings. The molecule has 4 rings (SSSR count). The Morgan fingerprint density at radius 2 is 2.19 bits per heavy atom. The number of carbonyl (C=O) groups excluding carboxylic acids is 1. The minimum atomic E-state index is -0.168. The molecule has 1 aromatic carbocycles. The van der Waals surface area contributed by atoms with Crippen molar-refractivity contribution < 1.29 is 9.32 Å². The predicted molar refractivity (Wildman–Crippen MR) is 101 cm³/mol. The first-order valence-corrected chi connectivity index (χ1v) is 9.03. The molecular weight excluding hydrogens is 366 g/mol. The van der Waals surface area contributed by atoms with Crippen LogP contribution in [0.5, 0.6) is 0 Å². The Kier molecular flexibility index (Phi) is 4.77. The molecule has 0 saturated carbocycles. The minimum absolute atomic E-state index is 0.00645. The molecule has 7 nitrogen and oxygen atoms in total. The number of halogens is 1. The van der Waals surface area contributed by atoms with E-state index in [4.69, 9.17) is 16.1 Å². The van der Waals surface area contributed by atoms with Crippen molar-refractivity contribution in [3.05, 3.63) is 59.7 Å². The number of nitrogens with one attached hydrogen (secondary N) is 1. The third-order valence-electron chi connectivity index (χ3n) is 4.65. The third kappa shape index (κ3) is 3.78. The van der Waals surface area contributed by atoms with Crippen LogP contribution in [0.15, 0.2) is 53.3 Å². The number of pyridine rings is 1. The number of hydrogen-bond acceptors (Lipinski definition) is 5. The summed E-state index contributed by atoms with van der Waals surface area (Å²) in [5.74, 6) is 1.25. The lowest BCUT2D eigenvalue weighted by molar-refractivity contribution is 0.220. The van der Waals surface area contributed by atoms with Gasteiger partial charge in [-0.25, -0.2) is 4.79 Å². The van der Waals surface area contributed by atoms with Crippen molar-refractivity contribution >= 4 is 23.3 Å². The molecule has 1 N–H and O–H groups in total. The Labute approximate surface area is 161 Å². The highest BCUT2D eigenvalue weighted by atomic mass is 35.5. The highest BCUT2D eigenvalue weighted by molar-refractivity contribution is 6.30. The Bertz CT molecular complexity index is 946. The van der Waals surface area contributed by atoms with E-state index in [0.717, 1.165) is 5.56 Å². The molecule has 138 valence electrons. The van der Waals surface area contributed by atoms with E-state index < -0.39 is 0 Å². The topological polar surface area (TPSA) is 84.2 Å². The number of urea groups is 1. The van der Waals surface area contributed by atoms with Crippen LogP contribution in [0.3, 0.4) is 0 Å². The molecule has 1 saturated heterocycles. The van der Waals surface area contributed by atoms with Gasteiger partial charge in [-0.05, 0) is 36.2 Å². The minimum Gasteiger partial charge on any atom is -0.339 e. The van der Waals surface area contributed by atoms with Crippen LogP contribution in [0, 0.1) is 5.92 Å². The van der Waals surface area contributed by atoms with Gasteiger partial charge in [0.1, 0.15) is 0 Å². The van der Waals surface area contributed by atoms with E-state index in [2.05, 4.69) is 27.4 Å². The molecule has 0 unspecified atom stereocenters. The number of amides is 2. The fourth-order valence-corrected chi connectivity index (χ4v) is 3.41. The van der Waals surface area contributed by atoms with Crippen molar-refractivity contribution in [1.29, 1.82) is 0 Å². The summed E-state index contributed by atoms with van der Waals surface area (Å²) in [5.41, 5.74) is 1.47. The number of nitrogens with zero attached hydrogens (tertiary/aromatic N) is 4. The van der Waals surface area contributed by atoms with Gasteiger partial charge >= 0.3 is 6.03 Å². The van der Waals surface area contributed by atoms with Crippen LogP contribution in [0.4, 0.5) is 10.5 Å². The zero-order valence-electron chi connectivity index (χ0n) is 14.7. The van der Waals surface area contributed by atoms with Gasteiger partial charge in [0, 0.05) is 41.8 Å². The number of hydrogen-bond donors (Lipinski definition) is 1. The van der Waals surface area contributed by atoms with Crippen molar-refractivity contribution in [3.8, 4) is 11.4 Å².